The maximum Gasteiger partial charge on any atom is 0.290 e. The summed E-state index contributed by atoms with van der Waals surface area (Å²) in [5.41, 5.74) is 12.1. The van der Waals surface area contributed by atoms with Gasteiger partial charge in [0.1, 0.15) is 6.29 Å². The number of carbonyl (C=O) groups excluding carboxylic acids is 2. The lowest BCUT2D eigenvalue weighted by Crippen LogP contribution is -2.31. The van der Waals surface area contributed by atoms with E-state index in [2.05, 4.69) is 109 Å². The average molecular weight is 625 g/mol. The molecule has 3 aromatic carbocycles. The van der Waals surface area contributed by atoms with Crippen LogP contribution in [0.4, 0.5) is 17.1 Å². The van der Waals surface area contributed by atoms with Gasteiger partial charge in [0.25, 0.3) is 5.91 Å². The Morgan fingerprint density at radius 2 is 1.55 bits per heavy atom. The Balaban J connectivity index is 1.30. The van der Waals surface area contributed by atoms with Crippen molar-refractivity contribution in [1.29, 1.82) is 0 Å². The van der Waals surface area contributed by atoms with E-state index < -0.39 is 0 Å². The average Bonchev–Trinajstić information content (AvgIpc) is 3.39. The number of hydrogen-bond donors (Lipinski definition) is 1. The van der Waals surface area contributed by atoms with Gasteiger partial charge in [-0.25, -0.2) is 0 Å². The molecular formula is C42H46N3O2+. The number of aryl methyl sites for hydroxylation is 2. The number of rotatable bonds is 8. The number of nitrogens with zero attached hydrogens (tertiary/aromatic N) is 2. The van der Waals surface area contributed by atoms with Gasteiger partial charge in [0.05, 0.1) is 12.0 Å². The predicted octanol–water partition coefficient (Wildman–Crippen LogP) is 8.79. The molecule has 3 aliphatic rings. The quantitative estimate of drug-likeness (QED) is 0.201. The van der Waals surface area contributed by atoms with Crippen LogP contribution in [0.5, 0.6) is 0 Å². The van der Waals surface area contributed by atoms with Crippen LogP contribution in [0.25, 0.3) is 0 Å². The first kappa shape index (κ1) is 32.2. The highest BCUT2D eigenvalue weighted by molar-refractivity contribution is 6.04. The van der Waals surface area contributed by atoms with Crippen molar-refractivity contribution in [3.05, 3.63) is 136 Å². The van der Waals surface area contributed by atoms with Crippen LogP contribution in [0, 0.1) is 13.8 Å². The van der Waals surface area contributed by atoms with E-state index in [-0.39, 0.29) is 23.3 Å². The number of nitrogens with one attached hydrogen (secondary N) is 1. The van der Waals surface area contributed by atoms with E-state index in [9.17, 15) is 9.59 Å². The molecule has 0 fully saturated rings. The lowest BCUT2D eigenvalue weighted by atomic mass is 9.81. The number of amides is 1. The highest BCUT2D eigenvalue weighted by atomic mass is 16.2. The molecule has 1 N–H and O–H groups in total. The number of hydrogen-bond acceptors (Lipinski definition) is 3. The fraction of sp³-hybridized carbons (Fsp3) is 0.310. The summed E-state index contributed by atoms with van der Waals surface area (Å²) >= 11 is 0. The molecule has 5 nitrogen and oxygen atoms in total. The second kappa shape index (κ2) is 12.8. The molecule has 2 aliphatic heterocycles. The van der Waals surface area contributed by atoms with E-state index in [1.54, 1.807) is 0 Å². The number of allylic oxidation sites excluding steroid dienone is 8. The molecule has 0 radical (unpaired) electrons. The van der Waals surface area contributed by atoms with Gasteiger partial charge in [0.2, 0.25) is 12.2 Å². The highest BCUT2D eigenvalue weighted by Crippen LogP contribution is 2.47. The van der Waals surface area contributed by atoms with Crippen LogP contribution >= 0.6 is 0 Å². The third-order valence-electron chi connectivity index (χ3n) is 10.1. The summed E-state index contributed by atoms with van der Waals surface area (Å²) in [5, 5.41) is 3.19. The van der Waals surface area contributed by atoms with Gasteiger partial charge >= 0.3 is 0 Å². The molecule has 1 amide bonds. The number of fused-ring (bicyclic) bond motifs is 2. The molecule has 0 spiro atoms. The summed E-state index contributed by atoms with van der Waals surface area (Å²) in [6.45, 7) is 13.6. The first-order chi connectivity index (χ1) is 22.5. The molecule has 0 atom stereocenters. The molecular weight excluding hydrogens is 578 g/mol. The summed E-state index contributed by atoms with van der Waals surface area (Å²) in [5.74, 6) is -0.0310. The highest BCUT2D eigenvalue weighted by Gasteiger charge is 2.45. The van der Waals surface area contributed by atoms with Gasteiger partial charge in [-0.15, -0.1) is 0 Å². The molecule has 5 heteroatoms. The second-order valence-corrected chi connectivity index (χ2v) is 14.0. The first-order valence-electron chi connectivity index (χ1n) is 16.7. The molecule has 0 saturated carbocycles. The van der Waals surface area contributed by atoms with Gasteiger partial charge < -0.3 is 15.0 Å². The third-order valence-corrected chi connectivity index (χ3v) is 10.1. The Bertz CT molecular complexity index is 1880. The zero-order chi connectivity index (χ0) is 33.3. The second-order valence-electron chi connectivity index (χ2n) is 14.0. The van der Waals surface area contributed by atoms with Crippen molar-refractivity contribution < 1.29 is 14.2 Å². The first-order valence-corrected chi connectivity index (χ1v) is 16.7. The van der Waals surface area contributed by atoms with Crippen LogP contribution in [0.15, 0.2) is 114 Å². The van der Waals surface area contributed by atoms with Crippen molar-refractivity contribution in [1.82, 2.24) is 0 Å². The van der Waals surface area contributed by atoms with E-state index in [0.717, 1.165) is 65.1 Å². The minimum atomic E-state index is -0.255. The third kappa shape index (κ3) is 6.07. The Morgan fingerprint density at radius 3 is 2.30 bits per heavy atom. The summed E-state index contributed by atoms with van der Waals surface area (Å²) in [4.78, 5) is 27.3. The van der Waals surface area contributed by atoms with Crippen LogP contribution in [0.1, 0.15) is 69.2 Å². The predicted molar refractivity (Wildman–Crippen MR) is 194 cm³/mol. The van der Waals surface area contributed by atoms with Crippen molar-refractivity contribution in [2.24, 2.45) is 0 Å². The summed E-state index contributed by atoms with van der Waals surface area (Å²) in [6, 6.07) is 22.9. The van der Waals surface area contributed by atoms with Gasteiger partial charge in [0.15, 0.2) is 5.71 Å². The van der Waals surface area contributed by atoms with Crippen molar-refractivity contribution >= 4 is 35.0 Å². The van der Waals surface area contributed by atoms with Gasteiger partial charge in [-0.3, -0.25) is 4.79 Å². The fourth-order valence-corrected chi connectivity index (χ4v) is 7.57. The van der Waals surface area contributed by atoms with Gasteiger partial charge in [0, 0.05) is 40.2 Å². The molecule has 6 rings (SSSR count). The number of carbonyl (C=O) groups is 2. The standard InChI is InChI=1S/C42H45N3O2/c1-29-13-11-14-30(2)40(29)43-39(47)28-45-36-20-10-8-18-34(36)42(5,6)38(45)24-22-32-16-12-15-31(27-32)21-23-37-41(3,4)33-17-7-9-19-35(33)44(37)25-26-46/h7-11,13-14,17-24,26-27H,12,15-16,25,28H2,1-6H3/p+1. The molecule has 0 bridgehead atoms. The SMILES string of the molecule is Cc1cccc(C)c1NC(=O)C[N+]1=C(/C=C/C2=CC(=C/C=C3/N(CC=O)c4ccccc4C3(C)C)/CCC2)C(C)(C)c2ccccc21. The number of anilines is 2. The van der Waals surface area contributed by atoms with Crippen molar-refractivity contribution in [3.8, 4) is 0 Å². The molecule has 1 aliphatic carbocycles. The van der Waals surface area contributed by atoms with Crippen molar-refractivity contribution in [3.63, 3.8) is 0 Å². The zero-order valence-corrected chi connectivity index (χ0v) is 28.6. The van der Waals surface area contributed by atoms with Crippen molar-refractivity contribution in [2.45, 2.75) is 71.6 Å². The smallest absolute Gasteiger partial charge is 0.290 e. The lowest BCUT2D eigenvalue weighted by molar-refractivity contribution is -0.424. The Morgan fingerprint density at radius 1 is 0.851 bits per heavy atom. The lowest BCUT2D eigenvalue weighted by Gasteiger charge is -2.25. The van der Waals surface area contributed by atoms with E-state index in [1.165, 1.54) is 22.3 Å². The molecule has 240 valence electrons. The van der Waals surface area contributed by atoms with Gasteiger partial charge in [-0.2, -0.15) is 4.58 Å². The Hall–Kier alpha value is -4.77. The van der Waals surface area contributed by atoms with Crippen LogP contribution in [0.2, 0.25) is 0 Å². The maximum atomic E-state index is 13.5. The number of aldehydes is 1. The minimum Gasteiger partial charge on any atom is -0.337 e. The van der Waals surface area contributed by atoms with Crippen LogP contribution in [-0.2, 0) is 20.4 Å². The summed E-state index contributed by atoms with van der Waals surface area (Å²) in [7, 11) is 0. The minimum absolute atomic E-state index is 0.0310. The number of para-hydroxylation sites is 3. The fourth-order valence-electron chi connectivity index (χ4n) is 7.57. The van der Waals surface area contributed by atoms with E-state index in [4.69, 9.17) is 0 Å². The monoisotopic (exact) mass is 624 g/mol. The molecule has 0 saturated heterocycles. The largest absolute Gasteiger partial charge is 0.337 e. The van der Waals surface area contributed by atoms with Crippen molar-refractivity contribution in [2.75, 3.05) is 23.3 Å². The molecule has 47 heavy (non-hydrogen) atoms. The van der Waals surface area contributed by atoms with E-state index in [0.29, 0.717) is 6.54 Å². The van der Waals surface area contributed by atoms with Gasteiger partial charge in [-0.05, 0) is 86.9 Å². The molecule has 3 aromatic rings. The van der Waals surface area contributed by atoms with E-state index >= 15 is 0 Å². The van der Waals surface area contributed by atoms with Crippen LogP contribution in [0.3, 0.4) is 0 Å². The number of benzene rings is 3. The molecule has 0 unspecified atom stereocenters. The Labute approximate surface area is 279 Å². The maximum absolute atomic E-state index is 13.5. The molecule has 0 aromatic heterocycles. The van der Waals surface area contributed by atoms with Crippen LogP contribution in [-0.4, -0.2) is 35.6 Å². The summed E-state index contributed by atoms with van der Waals surface area (Å²) in [6.07, 6.45) is 15.3. The van der Waals surface area contributed by atoms with E-state index in [1.807, 2.05) is 44.2 Å². The molecule has 2 heterocycles. The van der Waals surface area contributed by atoms with Gasteiger partial charge in [-0.1, -0.05) is 86.7 Å². The summed E-state index contributed by atoms with van der Waals surface area (Å²) < 4.78 is 2.18. The topological polar surface area (TPSA) is 52.4 Å². The zero-order valence-electron chi connectivity index (χ0n) is 28.6. The Kier molecular flexibility index (Phi) is 8.76. The van der Waals surface area contributed by atoms with Crippen LogP contribution < -0.4 is 10.2 Å². The normalized spacial score (nSPS) is 19.7.